The first-order valence-corrected chi connectivity index (χ1v) is 21.3. The molecule has 0 N–H and O–H groups in total. The third-order valence-corrected chi connectivity index (χ3v) is 11.7. The number of benzene rings is 4. The number of rotatable bonds is 3. The summed E-state index contributed by atoms with van der Waals surface area (Å²) in [6.07, 6.45) is 3.71. The van der Waals surface area contributed by atoms with Crippen LogP contribution in [0, 0.1) is 12.1 Å². The van der Waals surface area contributed by atoms with Crippen LogP contribution in [0.4, 0.5) is 0 Å². The standard InChI is InChI=1S/C26H20GeNO2.C11H8N.Ir/c1-27(2,3)21-12-7-10-18-20-15-28-22(14-24(20)30-26(18)21)19-11-6-9-17-16-8-4-5-13-23(16)29-25(17)19;1-2-6-10(7-3-1)11-8-4-5-9-12-11;/h4-10,12-15H,1-3H3;1-6,8-9H;/q2*-1;. The average molecular weight is 797 g/mol. The van der Waals surface area contributed by atoms with Crippen LogP contribution in [-0.2, 0) is 20.1 Å². The Kier molecular flexibility index (Phi) is 8.06. The van der Waals surface area contributed by atoms with Gasteiger partial charge in [0.25, 0.3) is 0 Å². The van der Waals surface area contributed by atoms with Gasteiger partial charge in [0, 0.05) is 26.3 Å². The molecule has 4 aromatic carbocycles. The van der Waals surface area contributed by atoms with Gasteiger partial charge in [0.05, 0.1) is 0 Å². The predicted molar refractivity (Wildman–Crippen MR) is 175 cm³/mol. The molecule has 8 rings (SSSR count). The summed E-state index contributed by atoms with van der Waals surface area (Å²) in [5.74, 6) is 7.18. The molecular formula is C37H28GeIrN2O2-2. The molecule has 4 nitrogen and oxygen atoms in total. The average Bonchev–Trinajstić information content (AvgIpc) is 3.60. The Morgan fingerprint density at radius 1 is 0.605 bits per heavy atom. The minimum Gasteiger partial charge on any atom is -0.305 e. The summed E-state index contributed by atoms with van der Waals surface area (Å²) in [5.41, 5.74) is 7.24. The SMILES string of the molecule is [CH3][Ge]([CH3])([CH3])[c]1cccc2c1oc1cc(-c3[c-]ccc4c3oc3ccccc34)ncc12.[Ir].[c-]1ccccc1-c1ccccn1. The van der Waals surface area contributed by atoms with Crippen molar-refractivity contribution >= 4 is 61.5 Å². The monoisotopic (exact) mass is 799 g/mol. The second-order valence-electron chi connectivity index (χ2n) is 11.3. The first-order valence-electron chi connectivity index (χ1n) is 14.0. The number of hydrogen-bond donors (Lipinski definition) is 0. The van der Waals surface area contributed by atoms with Gasteiger partial charge in [-0.25, -0.2) is 0 Å². The molecule has 4 heterocycles. The van der Waals surface area contributed by atoms with Gasteiger partial charge >= 0.3 is 177 Å². The molecule has 0 saturated carbocycles. The molecule has 43 heavy (non-hydrogen) atoms. The van der Waals surface area contributed by atoms with Crippen LogP contribution >= 0.6 is 0 Å². The minimum atomic E-state index is -2.06. The van der Waals surface area contributed by atoms with E-state index in [1.54, 1.807) is 6.20 Å². The van der Waals surface area contributed by atoms with Crippen molar-refractivity contribution in [2.24, 2.45) is 0 Å². The molecule has 0 aliphatic carbocycles. The van der Waals surface area contributed by atoms with Gasteiger partial charge in [-0.3, -0.25) is 0 Å². The van der Waals surface area contributed by atoms with Crippen LogP contribution in [0.15, 0.2) is 124 Å². The Hall–Kier alpha value is -4.03. The van der Waals surface area contributed by atoms with E-state index in [0.717, 1.165) is 66.4 Å². The van der Waals surface area contributed by atoms with Crippen LogP contribution in [0.5, 0.6) is 0 Å². The Labute approximate surface area is 266 Å². The molecule has 0 amide bonds. The van der Waals surface area contributed by atoms with Crippen molar-refractivity contribution in [2.75, 3.05) is 0 Å². The van der Waals surface area contributed by atoms with E-state index in [0.29, 0.717) is 0 Å². The maximum atomic E-state index is 6.41. The quantitative estimate of drug-likeness (QED) is 0.132. The number of pyridine rings is 2. The fourth-order valence-electron chi connectivity index (χ4n) is 5.38. The molecule has 8 aromatic rings. The minimum absolute atomic E-state index is 0. The van der Waals surface area contributed by atoms with Crippen molar-refractivity contribution in [3.05, 3.63) is 128 Å². The molecule has 4 aromatic heterocycles. The summed E-state index contributed by atoms with van der Waals surface area (Å²) < 4.78 is 14.0. The summed E-state index contributed by atoms with van der Waals surface area (Å²) in [5, 5.41) is 4.38. The largest absolute Gasteiger partial charge is 0.305 e. The van der Waals surface area contributed by atoms with Crippen molar-refractivity contribution < 1.29 is 28.9 Å². The van der Waals surface area contributed by atoms with E-state index in [-0.39, 0.29) is 20.1 Å². The molecule has 0 atom stereocenters. The van der Waals surface area contributed by atoms with E-state index < -0.39 is 13.3 Å². The Balaban J connectivity index is 0.000000213. The summed E-state index contributed by atoms with van der Waals surface area (Å²) in [6, 6.07) is 40.8. The molecule has 0 aliphatic heterocycles. The summed E-state index contributed by atoms with van der Waals surface area (Å²) >= 11 is -2.06. The van der Waals surface area contributed by atoms with Crippen LogP contribution in [0.25, 0.3) is 66.4 Å². The van der Waals surface area contributed by atoms with E-state index in [4.69, 9.17) is 13.8 Å². The van der Waals surface area contributed by atoms with E-state index in [9.17, 15) is 0 Å². The zero-order valence-corrected chi connectivity index (χ0v) is 28.5. The van der Waals surface area contributed by atoms with E-state index in [2.05, 4.69) is 58.7 Å². The molecule has 1 radical (unpaired) electrons. The van der Waals surface area contributed by atoms with Gasteiger partial charge in [-0.15, -0.1) is 35.9 Å². The summed E-state index contributed by atoms with van der Waals surface area (Å²) in [7, 11) is 0. The number of furan rings is 2. The number of para-hydroxylation sites is 2. The molecule has 0 unspecified atom stereocenters. The van der Waals surface area contributed by atoms with Crippen LogP contribution in [0.1, 0.15) is 0 Å². The van der Waals surface area contributed by atoms with Gasteiger partial charge in [0.1, 0.15) is 0 Å². The summed E-state index contributed by atoms with van der Waals surface area (Å²) in [4.78, 5) is 8.99. The van der Waals surface area contributed by atoms with Crippen molar-refractivity contribution in [1.29, 1.82) is 0 Å². The van der Waals surface area contributed by atoms with Crippen LogP contribution in [0.3, 0.4) is 0 Å². The van der Waals surface area contributed by atoms with Crippen molar-refractivity contribution in [3.63, 3.8) is 0 Å². The Bertz CT molecular complexity index is 2140. The fourth-order valence-corrected chi connectivity index (χ4v) is 8.45. The maximum Gasteiger partial charge on any atom is 0.0160 e. The van der Waals surface area contributed by atoms with E-state index in [1.165, 1.54) is 4.40 Å². The second-order valence-corrected chi connectivity index (χ2v) is 21.9. The van der Waals surface area contributed by atoms with Crippen LogP contribution in [0.2, 0.25) is 17.3 Å². The second kappa shape index (κ2) is 11.9. The zero-order chi connectivity index (χ0) is 28.7. The van der Waals surface area contributed by atoms with Gasteiger partial charge in [0.15, 0.2) is 0 Å². The molecule has 0 aliphatic rings. The first-order chi connectivity index (χ1) is 20.5. The van der Waals surface area contributed by atoms with Crippen molar-refractivity contribution in [2.45, 2.75) is 17.3 Å². The van der Waals surface area contributed by atoms with Crippen molar-refractivity contribution in [3.8, 4) is 22.5 Å². The van der Waals surface area contributed by atoms with Crippen molar-refractivity contribution in [1.82, 2.24) is 9.97 Å². The van der Waals surface area contributed by atoms with E-state index >= 15 is 0 Å². The molecule has 0 bridgehead atoms. The van der Waals surface area contributed by atoms with Gasteiger partial charge in [-0.05, 0) is 11.8 Å². The Morgan fingerprint density at radius 2 is 1.37 bits per heavy atom. The number of hydrogen-bond acceptors (Lipinski definition) is 4. The van der Waals surface area contributed by atoms with E-state index in [1.807, 2.05) is 85.1 Å². The fraction of sp³-hybridized carbons (Fsp3) is 0.0811. The molecule has 0 saturated heterocycles. The normalized spacial score (nSPS) is 11.4. The molecular weight excluding hydrogens is 769 g/mol. The molecule has 0 spiro atoms. The van der Waals surface area contributed by atoms with Crippen LogP contribution < -0.4 is 4.40 Å². The maximum absolute atomic E-state index is 6.41. The predicted octanol–water partition coefficient (Wildman–Crippen LogP) is 9.44. The number of fused-ring (bicyclic) bond motifs is 6. The molecule has 0 fully saturated rings. The third-order valence-electron chi connectivity index (χ3n) is 7.44. The van der Waals surface area contributed by atoms with Gasteiger partial charge in [0.2, 0.25) is 0 Å². The van der Waals surface area contributed by atoms with Gasteiger partial charge in [-0.2, -0.15) is 0 Å². The molecule has 213 valence electrons. The van der Waals surface area contributed by atoms with Crippen LogP contribution in [-0.4, -0.2) is 23.2 Å². The van der Waals surface area contributed by atoms with Gasteiger partial charge in [-0.1, -0.05) is 12.1 Å². The smallest absolute Gasteiger partial charge is 0.0160 e. The topological polar surface area (TPSA) is 52.1 Å². The molecule has 6 heteroatoms. The van der Waals surface area contributed by atoms with Gasteiger partial charge < -0.3 is 4.98 Å². The first kappa shape index (κ1) is 29.1. The number of aromatic nitrogens is 2. The Morgan fingerprint density at radius 3 is 2.16 bits per heavy atom. The third kappa shape index (κ3) is 5.56. The zero-order valence-electron chi connectivity index (χ0n) is 24.0. The number of nitrogens with zero attached hydrogens (tertiary/aromatic N) is 2. The summed E-state index contributed by atoms with van der Waals surface area (Å²) in [6.45, 7) is 0.